The first-order valence-electron chi connectivity index (χ1n) is 11.2. The largest absolute Gasteiger partial charge is 2.00 e. The van der Waals surface area contributed by atoms with Crippen LogP contribution in [0.2, 0.25) is 0 Å². The van der Waals surface area contributed by atoms with Crippen molar-refractivity contribution in [2.75, 3.05) is 0 Å². The van der Waals surface area contributed by atoms with E-state index in [-0.39, 0.29) is 20.4 Å². The van der Waals surface area contributed by atoms with Crippen LogP contribution in [0.1, 0.15) is 22.5 Å². The zero-order chi connectivity index (χ0) is 23.0. The third-order valence-electron chi connectivity index (χ3n) is 5.45. The molecule has 0 bridgehead atoms. The summed E-state index contributed by atoms with van der Waals surface area (Å²) < 4.78 is 0. The number of hydrogen-bond donors (Lipinski definition) is 0. The molecule has 35 heavy (non-hydrogen) atoms. The van der Waals surface area contributed by atoms with E-state index in [1.165, 1.54) is 11.1 Å². The Morgan fingerprint density at radius 2 is 0.857 bits per heavy atom. The Morgan fingerprint density at radius 1 is 0.457 bits per heavy atom. The molecule has 0 atom stereocenters. The Bertz CT molecular complexity index is 1330. The molecule has 3 heteroatoms. The van der Waals surface area contributed by atoms with Crippen molar-refractivity contribution in [1.82, 2.24) is 9.97 Å². The number of benzene rings is 3. The molecular formula is C32H22N2Pd. The van der Waals surface area contributed by atoms with Gasteiger partial charge in [0.15, 0.2) is 0 Å². The van der Waals surface area contributed by atoms with E-state index in [9.17, 15) is 0 Å². The molecule has 0 radical (unpaired) electrons. The maximum absolute atomic E-state index is 4.49. The van der Waals surface area contributed by atoms with E-state index < -0.39 is 0 Å². The third-order valence-corrected chi connectivity index (χ3v) is 5.45. The normalized spacial score (nSPS) is 11.0. The summed E-state index contributed by atoms with van der Waals surface area (Å²) in [5.74, 6) is 0. The molecule has 2 aromatic heterocycles. The molecule has 0 spiro atoms. The van der Waals surface area contributed by atoms with Gasteiger partial charge in [0.2, 0.25) is 0 Å². The predicted molar refractivity (Wildman–Crippen MR) is 139 cm³/mol. The fourth-order valence-corrected chi connectivity index (χ4v) is 3.71. The van der Waals surface area contributed by atoms with Crippen LogP contribution in [0.25, 0.3) is 34.4 Å². The maximum Gasteiger partial charge on any atom is 2.00 e. The van der Waals surface area contributed by atoms with Crippen LogP contribution in [0.15, 0.2) is 122 Å². The topological polar surface area (TPSA) is 25.8 Å². The third kappa shape index (κ3) is 6.37. The molecule has 0 fully saturated rings. The Balaban J connectivity index is 0.00000289. The zero-order valence-electron chi connectivity index (χ0n) is 18.9. The second-order valence-corrected chi connectivity index (χ2v) is 7.79. The van der Waals surface area contributed by atoms with Crippen LogP contribution in [0.3, 0.4) is 0 Å². The minimum absolute atomic E-state index is 0. The number of rotatable bonds is 6. The minimum atomic E-state index is 0. The summed E-state index contributed by atoms with van der Waals surface area (Å²) >= 11 is 0. The monoisotopic (exact) mass is 540 g/mol. The van der Waals surface area contributed by atoms with Gasteiger partial charge in [0.05, 0.1) is 0 Å². The molecule has 5 rings (SSSR count). The van der Waals surface area contributed by atoms with E-state index in [0.717, 1.165) is 33.6 Å². The van der Waals surface area contributed by atoms with Crippen molar-refractivity contribution >= 4 is 12.2 Å². The van der Waals surface area contributed by atoms with E-state index >= 15 is 0 Å². The summed E-state index contributed by atoms with van der Waals surface area (Å²) in [5.41, 5.74) is 8.22. The summed E-state index contributed by atoms with van der Waals surface area (Å²) in [6.45, 7) is 0. The van der Waals surface area contributed by atoms with Crippen molar-refractivity contribution in [2.24, 2.45) is 0 Å². The van der Waals surface area contributed by atoms with Crippen molar-refractivity contribution in [3.8, 4) is 22.3 Å². The molecule has 170 valence electrons. The van der Waals surface area contributed by atoms with Crippen LogP contribution in [-0.2, 0) is 20.4 Å². The molecule has 0 saturated heterocycles. The summed E-state index contributed by atoms with van der Waals surface area (Å²) in [6.07, 6.45) is 14.3. The van der Waals surface area contributed by atoms with Gasteiger partial charge in [0, 0.05) is 12.4 Å². The molecule has 0 aliphatic carbocycles. The van der Waals surface area contributed by atoms with Crippen molar-refractivity contribution < 1.29 is 20.4 Å². The summed E-state index contributed by atoms with van der Waals surface area (Å²) in [6, 6.07) is 36.9. The van der Waals surface area contributed by atoms with Crippen molar-refractivity contribution in [3.63, 3.8) is 0 Å². The van der Waals surface area contributed by atoms with Gasteiger partial charge in [-0.2, -0.15) is 24.3 Å². The molecule has 0 amide bonds. The Hall–Kier alpha value is -3.90. The van der Waals surface area contributed by atoms with Crippen molar-refractivity contribution in [2.45, 2.75) is 0 Å². The smallest absolute Gasteiger partial charge is 0.305 e. The Morgan fingerprint density at radius 3 is 1.29 bits per heavy atom. The second kappa shape index (κ2) is 12.0. The van der Waals surface area contributed by atoms with Crippen LogP contribution in [0.5, 0.6) is 0 Å². The maximum atomic E-state index is 4.49. The van der Waals surface area contributed by atoms with Gasteiger partial charge in [-0.1, -0.05) is 72.8 Å². The van der Waals surface area contributed by atoms with Crippen LogP contribution < -0.4 is 0 Å². The molecule has 2 nitrogen and oxygen atoms in total. The average Bonchev–Trinajstić information content (AvgIpc) is 2.92. The van der Waals surface area contributed by atoms with E-state index in [0.29, 0.717) is 0 Å². The van der Waals surface area contributed by atoms with Gasteiger partial charge in [-0.05, 0) is 45.8 Å². The summed E-state index contributed by atoms with van der Waals surface area (Å²) in [4.78, 5) is 8.97. The first-order valence-corrected chi connectivity index (χ1v) is 11.2. The number of nitrogens with zero attached hydrogens (tertiary/aromatic N) is 2. The SMILES string of the molecule is [C-](=Cc1cc(-c2ccccc2)ccn1)c1ccccc1[C-]=Cc1cc(-c2ccccc2)ccn1.[Pd+2]. The predicted octanol–water partition coefficient (Wildman–Crippen LogP) is 7.54. The van der Waals surface area contributed by atoms with Gasteiger partial charge in [-0.3, -0.25) is 0 Å². The molecule has 3 aromatic carbocycles. The molecular weight excluding hydrogens is 519 g/mol. The molecule has 0 unspecified atom stereocenters. The standard InChI is InChI=1S/C32H22N2.Pd/c1-3-9-25(10-4-1)29-19-21-33-31(23-29)17-15-27-13-7-8-14-28(27)16-18-32-24-30(20-22-34-32)26-11-5-2-6-12-26;/h1-14,17-24H;/q-2;+2. The van der Waals surface area contributed by atoms with Gasteiger partial charge < -0.3 is 9.97 Å². The summed E-state index contributed by atoms with van der Waals surface area (Å²) in [7, 11) is 0. The first-order chi connectivity index (χ1) is 16.8. The second-order valence-electron chi connectivity index (χ2n) is 7.79. The molecule has 0 aliphatic rings. The number of hydrogen-bond acceptors (Lipinski definition) is 2. The van der Waals surface area contributed by atoms with Gasteiger partial charge in [0.1, 0.15) is 0 Å². The van der Waals surface area contributed by atoms with E-state index in [2.05, 4.69) is 58.5 Å². The van der Waals surface area contributed by atoms with Crippen LogP contribution in [-0.4, -0.2) is 9.97 Å². The quantitative estimate of drug-likeness (QED) is 0.164. The van der Waals surface area contributed by atoms with Gasteiger partial charge in [-0.25, -0.2) is 11.1 Å². The van der Waals surface area contributed by atoms with Gasteiger partial charge in [-0.15, -0.1) is 24.3 Å². The van der Waals surface area contributed by atoms with Crippen molar-refractivity contribution in [3.05, 3.63) is 156 Å². The van der Waals surface area contributed by atoms with Crippen LogP contribution in [0.4, 0.5) is 0 Å². The number of aromatic nitrogens is 2. The van der Waals surface area contributed by atoms with E-state index in [1.54, 1.807) is 0 Å². The molecule has 0 aliphatic heterocycles. The summed E-state index contributed by atoms with van der Waals surface area (Å²) in [5, 5.41) is 0. The van der Waals surface area contributed by atoms with Crippen molar-refractivity contribution in [1.29, 1.82) is 0 Å². The minimum Gasteiger partial charge on any atom is -0.305 e. The van der Waals surface area contributed by atoms with Crippen LogP contribution in [0, 0.1) is 12.2 Å². The fraction of sp³-hybridized carbons (Fsp3) is 0. The molecule has 0 N–H and O–H groups in total. The Labute approximate surface area is 220 Å². The first kappa shape index (κ1) is 24.2. The van der Waals surface area contributed by atoms with Gasteiger partial charge >= 0.3 is 20.4 Å². The fourth-order valence-electron chi connectivity index (χ4n) is 3.71. The Kier molecular flexibility index (Phi) is 8.31. The number of pyridine rings is 2. The van der Waals surface area contributed by atoms with Crippen LogP contribution >= 0.6 is 0 Å². The molecule has 0 saturated carbocycles. The average molecular weight is 541 g/mol. The molecule has 5 aromatic rings. The van der Waals surface area contributed by atoms with E-state index in [4.69, 9.17) is 0 Å². The zero-order valence-corrected chi connectivity index (χ0v) is 20.5. The van der Waals surface area contributed by atoms with Gasteiger partial charge in [0.25, 0.3) is 0 Å². The van der Waals surface area contributed by atoms with E-state index in [1.807, 2.05) is 97.3 Å². The molecule has 2 heterocycles.